The van der Waals surface area contributed by atoms with Gasteiger partial charge in [0.1, 0.15) is 6.79 Å². The van der Waals surface area contributed by atoms with E-state index in [0.29, 0.717) is 28.6 Å². The average molecular weight is 433 g/mol. The van der Waals surface area contributed by atoms with Gasteiger partial charge in [-0.2, -0.15) is 0 Å². The van der Waals surface area contributed by atoms with Crippen molar-refractivity contribution < 1.29 is 39.7 Å². The lowest BCUT2D eigenvalue weighted by Crippen LogP contribution is -2.31. The number of carbonyl (C=O) groups is 1. The molecule has 1 N–H and O–H groups in total. The first-order chi connectivity index (χ1) is 15.4. The predicted octanol–water partition coefficient (Wildman–Crippen LogP) is 3.16. The van der Waals surface area contributed by atoms with E-state index in [0.717, 1.165) is 5.56 Å². The van der Waals surface area contributed by atoms with Gasteiger partial charge in [-0.05, 0) is 54.2 Å². The van der Waals surface area contributed by atoms with Crippen molar-refractivity contribution in [3.8, 4) is 23.0 Å². The van der Waals surface area contributed by atoms with Gasteiger partial charge in [0, 0.05) is 8.48 Å². The van der Waals surface area contributed by atoms with Crippen LogP contribution in [0.1, 0.15) is 12.5 Å². The van der Waals surface area contributed by atoms with E-state index in [1.807, 2.05) is 6.07 Å². The lowest BCUT2D eigenvalue weighted by molar-refractivity contribution is -0.145. The summed E-state index contributed by atoms with van der Waals surface area (Å²) in [6.07, 6.45) is 0.248. The molecule has 0 saturated heterocycles. The molecular formula is C23H28O8. The molecular weight excluding hydrogens is 404 g/mol. The fourth-order valence-electron chi connectivity index (χ4n) is 3.51. The van der Waals surface area contributed by atoms with E-state index >= 15 is 0 Å². The first-order valence-corrected chi connectivity index (χ1v) is 9.80. The molecule has 0 radical (unpaired) electrons. The van der Waals surface area contributed by atoms with Crippen LogP contribution < -0.4 is 18.9 Å². The maximum atomic E-state index is 12.4. The summed E-state index contributed by atoms with van der Waals surface area (Å²) < 4.78 is 40.8. The highest BCUT2D eigenvalue weighted by molar-refractivity contribution is 5.71. The van der Waals surface area contributed by atoms with Crippen LogP contribution in [0.5, 0.6) is 23.0 Å². The smallest absolute Gasteiger partial charge is 0.307 e. The Hall–Kier alpha value is -2.97. The third-order valence-electron chi connectivity index (χ3n) is 5.05. The standard InChI is InChI=1S/C23H28O8/c1-26-13-29-12-17(8-15-4-6-19(27-2)21(10-15)28-3)18(23(24)25)9-16-5-7-20-22(11-16)31-14-30-20/h4-7,10-11,17-18H,8-9,12-14H2,1-3H3,(H,24,25)/t17-,18-/m1/s1/i18D. The molecule has 8 nitrogen and oxygen atoms in total. The monoisotopic (exact) mass is 433 g/mol. The van der Waals surface area contributed by atoms with Gasteiger partial charge in [0.15, 0.2) is 23.0 Å². The summed E-state index contributed by atoms with van der Waals surface area (Å²) in [5, 5.41) is 10.1. The van der Waals surface area contributed by atoms with Gasteiger partial charge < -0.3 is 33.5 Å². The first kappa shape index (κ1) is 21.3. The number of fused-ring (bicyclic) bond motifs is 1. The topological polar surface area (TPSA) is 92.7 Å². The molecule has 0 bridgehead atoms. The maximum absolute atomic E-state index is 12.4. The molecule has 1 heterocycles. The van der Waals surface area contributed by atoms with Crippen molar-refractivity contribution >= 4 is 5.97 Å². The Balaban J connectivity index is 1.90. The van der Waals surface area contributed by atoms with Crippen LogP contribution in [0.15, 0.2) is 36.4 Å². The second-order valence-corrected chi connectivity index (χ2v) is 7.06. The Morgan fingerprint density at radius 2 is 1.74 bits per heavy atom. The van der Waals surface area contributed by atoms with Crippen LogP contribution in [0, 0.1) is 11.8 Å². The van der Waals surface area contributed by atoms with Crippen LogP contribution in [0.3, 0.4) is 0 Å². The van der Waals surface area contributed by atoms with Crippen molar-refractivity contribution in [3.63, 3.8) is 0 Å². The summed E-state index contributed by atoms with van der Waals surface area (Å²) in [5.41, 5.74) is 1.47. The van der Waals surface area contributed by atoms with Gasteiger partial charge >= 0.3 is 5.97 Å². The zero-order valence-corrected chi connectivity index (χ0v) is 17.9. The van der Waals surface area contributed by atoms with Crippen LogP contribution >= 0.6 is 0 Å². The largest absolute Gasteiger partial charge is 0.493 e. The van der Waals surface area contributed by atoms with Crippen molar-refractivity contribution in [2.75, 3.05) is 41.5 Å². The van der Waals surface area contributed by atoms with Crippen LogP contribution in [0.25, 0.3) is 0 Å². The minimum Gasteiger partial charge on any atom is -0.493 e. The SMILES string of the molecule is [2H][C@](Cc1ccc2c(c1)OCO2)(C(=O)O)[C@@H](COCOC)Cc1ccc(OC)c(OC)c1. The van der Waals surface area contributed by atoms with Gasteiger partial charge in [0.25, 0.3) is 0 Å². The number of ether oxygens (including phenoxy) is 6. The molecule has 0 spiro atoms. The minimum atomic E-state index is -1.87. The molecule has 0 fully saturated rings. The first-order valence-electron chi connectivity index (χ1n) is 10.3. The van der Waals surface area contributed by atoms with Crippen molar-refractivity contribution in [2.45, 2.75) is 12.8 Å². The summed E-state index contributed by atoms with van der Waals surface area (Å²) in [5.74, 6) is -1.54. The van der Waals surface area contributed by atoms with Gasteiger partial charge in [-0.1, -0.05) is 12.1 Å². The van der Waals surface area contributed by atoms with E-state index < -0.39 is 17.8 Å². The molecule has 168 valence electrons. The summed E-state index contributed by atoms with van der Waals surface area (Å²) >= 11 is 0. The molecule has 0 saturated carbocycles. The van der Waals surface area contributed by atoms with Crippen molar-refractivity contribution in [1.29, 1.82) is 0 Å². The highest BCUT2D eigenvalue weighted by Gasteiger charge is 2.30. The molecule has 0 amide bonds. The van der Waals surface area contributed by atoms with E-state index in [1.165, 1.54) is 14.2 Å². The minimum absolute atomic E-state index is 0.00214. The normalized spacial score (nSPS) is 15.6. The molecule has 2 aromatic carbocycles. The Labute approximate surface area is 183 Å². The van der Waals surface area contributed by atoms with Gasteiger partial charge in [0.2, 0.25) is 6.79 Å². The number of hydrogen-bond acceptors (Lipinski definition) is 7. The van der Waals surface area contributed by atoms with Gasteiger partial charge in [-0.15, -0.1) is 0 Å². The quantitative estimate of drug-likeness (QED) is 0.403. The second kappa shape index (κ2) is 10.9. The number of benzene rings is 2. The van der Waals surface area contributed by atoms with E-state index in [1.54, 1.807) is 37.4 Å². The summed E-state index contributed by atoms with van der Waals surface area (Å²) in [4.78, 5) is 12.4. The Morgan fingerprint density at radius 3 is 2.45 bits per heavy atom. The molecule has 0 unspecified atom stereocenters. The van der Waals surface area contributed by atoms with E-state index in [9.17, 15) is 9.90 Å². The third kappa shape index (κ3) is 5.80. The van der Waals surface area contributed by atoms with Gasteiger partial charge in [-0.25, -0.2) is 0 Å². The fraction of sp³-hybridized carbons (Fsp3) is 0.435. The molecule has 2 atom stereocenters. The van der Waals surface area contributed by atoms with E-state index in [2.05, 4.69) is 0 Å². The van der Waals surface area contributed by atoms with Crippen molar-refractivity contribution in [2.24, 2.45) is 11.8 Å². The molecule has 2 aromatic rings. The summed E-state index contributed by atoms with van der Waals surface area (Å²) in [7, 11) is 4.57. The highest BCUT2D eigenvalue weighted by atomic mass is 16.7. The zero-order chi connectivity index (χ0) is 23.1. The molecule has 1 aliphatic heterocycles. The third-order valence-corrected chi connectivity index (χ3v) is 5.05. The van der Waals surface area contributed by atoms with Crippen LogP contribution in [-0.4, -0.2) is 52.6 Å². The number of hydrogen-bond donors (Lipinski definition) is 1. The number of carboxylic acid groups (broad SMARTS) is 1. The van der Waals surface area contributed by atoms with Gasteiger partial charge in [0.05, 0.1) is 26.7 Å². The second-order valence-electron chi connectivity index (χ2n) is 7.06. The van der Waals surface area contributed by atoms with Crippen LogP contribution in [0.2, 0.25) is 0 Å². The maximum Gasteiger partial charge on any atom is 0.307 e. The molecule has 31 heavy (non-hydrogen) atoms. The summed E-state index contributed by atoms with van der Waals surface area (Å²) in [6, 6.07) is 10.6. The zero-order valence-electron chi connectivity index (χ0n) is 18.9. The van der Waals surface area contributed by atoms with E-state index in [4.69, 9.17) is 29.8 Å². The summed E-state index contributed by atoms with van der Waals surface area (Å²) in [6.45, 7) is 0.154. The highest BCUT2D eigenvalue weighted by Crippen LogP contribution is 2.35. The number of aliphatic carboxylic acids is 1. The number of rotatable bonds is 12. The van der Waals surface area contributed by atoms with Crippen molar-refractivity contribution in [3.05, 3.63) is 47.5 Å². The average Bonchev–Trinajstić information content (AvgIpc) is 3.26. The fourth-order valence-corrected chi connectivity index (χ4v) is 3.51. The number of carboxylic acids is 1. The molecule has 3 rings (SSSR count). The lowest BCUT2D eigenvalue weighted by Gasteiger charge is -2.25. The number of methoxy groups -OCH3 is 3. The molecule has 0 aromatic heterocycles. The molecule has 0 aliphatic carbocycles. The van der Waals surface area contributed by atoms with Crippen molar-refractivity contribution in [1.82, 2.24) is 0 Å². The van der Waals surface area contributed by atoms with Crippen LogP contribution in [-0.2, 0) is 27.1 Å². The Morgan fingerprint density at radius 1 is 1.03 bits per heavy atom. The van der Waals surface area contributed by atoms with Crippen LogP contribution in [0.4, 0.5) is 0 Å². The van der Waals surface area contributed by atoms with Gasteiger partial charge in [-0.3, -0.25) is 4.79 Å². The molecule has 1 aliphatic rings. The van der Waals surface area contributed by atoms with E-state index in [-0.39, 0.29) is 33.0 Å². The predicted molar refractivity (Wildman–Crippen MR) is 112 cm³/mol. The lowest BCUT2D eigenvalue weighted by atomic mass is 9.83. The molecule has 8 heteroatoms. The Kier molecular flexibility index (Phi) is 7.46. The Bertz CT molecular complexity index is 934.